The predicted octanol–water partition coefficient (Wildman–Crippen LogP) is 0.706. The van der Waals surface area contributed by atoms with Crippen LogP contribution in [0, 0.1) is 0 Å². The molecule has 0 radical (unpaired) electrons. The molecule has 7 heteroatoms. The van der Waals surface area contributed by atoms with Gasteiger partial charge < -0.3 is 14.9 Å². The van der Waals surface area contributed by atoms with Crippen LogP contribution in [0.15, 0.2) is 33.3 Å². The minimum absolute atomic E-state index is 0.0449. The molecular formula is C12H18N2O4S. The summed E-state index contributed by atoms with van der Waals surface area (Å²) in [6, 6.07) is 3.04. The average Bonchev–Trinajstić information content (AvgIpc) is 2.89. The summed E-state index contributed by atoms with van der Waals surface area (Å²) in [6.45, 7) is 1.52. The van der Waals surface area contributed by atoms with Gasteiger partial charge in [-0.3, -0.25) is 0 Å². The lowest BCUT2D eigenvalue weighted by atomic mass is 10.1. The number of nitrogens with two attached hydrogens (primary N) is 1. The molecule has 0 bridgehead atoms. The molecule has 0 aliphatic carbocycles. The van der Waals surface area contributed by atoms with Crippen LogP contribution in [0.3, 0.4) is 0 Å². The van der Waals surface area contributed by atoms with Gasteiger partial charge in [0.25, 0.3) is 10.0 Å². The van der Waals surface area contributed by atoms with Crippen LogP contribution in [0.2, 0.25) is 0 Å². The summed E-state index contributed by atoms with van der Waals surface area (Å²) in [4.78, 5) is 0. The van der Waals surface area contributed by atoms with Gasteiger partial charge in [-0.2, -0.15) is 4.31 Å². The van der Waals surface area contributed by atoms with E-state index in [4.69, 9.17) is 14.9 Å². The smallest absolute Gasteiger partial charge is 0.276 e. The van der Waals surface area contributed by atoms with E-state index in [1.54, 1.807) is 13.2 Å². The third-order valence-electron chi connectivity index (χ3n) is 3.03. The maximum atomic E-state index is 12.3. The summed E-state index contributed by atoms with van der Waals surface area (Å²) in [7, 11) is -1.94. The number of furan rings is 1. The molecule has 0 unspecified atom stereocenters. The van der Waals surface area contributed by atoms with Gasteiger partial charge in [-0.1, -0.05) is 6.08 Å². The van der Waals surface area contributed by atoms with Gasteiger partial charge in [-0.05, 0) is 24.1 Å². The lowest BCUT2D eigenvalue weighted by molar-refractivity contribution is 0.219. The van der Waals surface area contributed by atoms with E-state index in [1.807, 2.05) is 6.08 Å². The largest absolute Gasteiger partial charge is 0.447 e. The summed E-state index contributed by atoms with van der Waals surface area (Å²) in [5.74, 6) is 0.464. The highest BCUT2D eigenvalue weighted by Crippen LogP contribution is 2.22. The zero-order valence-corrected chi connectivity index (χ0v) is 11.6. The Balaban J connectivity index is 2.13. The van der Waals surface area contributed by atoms with Gasteiger partial charge in [0.05, 0.1) is 13.2 Å². The molecule has 106 valence electrons. The lowest BCUT2D eigenvalue weighted by Crippen LogP contribution is -2.35. The number of ether oxygens (including phenoxy) is 1. The van der Waals surface area contributed by atoms with E-state index in [0.717, 1.165) is 5.57 Å². The van der Waals surface area contributed by atoms with Crippen molar-refractivity contribution in [1.29, 1.82) is 0 Å². The maximum Gasteiger partial charge on any atom is 0.276 e. The van der Waals surface area contributed by atoms with Crippen molar-refractivity contribution in [3.63, 3.8) is 0 Å². The summed E-state index contributed by atoms with van der Waals surface area (Å²) in [5, 5.41) is -0.0449. The van der Waals surface area contributed by atoms with E-state index >= 15 is 0 Å². The first-order valence-corrected chi connectivity index (χ1v) is 7.47. The second-order valence-corrected chi connectivity index (χ2v) is 6.20. The average molecular weight is 286 g/mol. The predicted molar refractivity (Wildman–Crippen MR) is 69.9 cm³/mol. The van der Waals surface area contributed by atoms with E-state index < -0.39 is 10.0 Å². The zero-order chi connectivity index (χ0) is 13.9. The van der Waals surface area contributed by atoms with Crippen LogP contribution in [0.4, 0.5) is 0 Å². The minimum atomic E-state index is -3.56. The second-order valence-electron chi connectivity index (χ2n) is 4.33. The Kier molecular flexibility index (Phi) is 4.41. The second kappa shape index (κ2) is 5.87. The number of rotatable bonds is 5. The third kappa shape index (κ3) is 3.06. The number of hydrogen-bond donors (Lipinski definition) is 1. The van der Waals surface area contributed by atoms with Crippen molar-refractivity contribution < 1.29 is 17.6 Å². The normalized spacial score (nSPS) is 17.5. The van der Waals surface area contributed by atoms with E-state index in [9.17, 15) is 8.42 Å². The van der Waals surface area contributed by atoms with Gasteiger partial charge in [0.15, 0.2) is 0 Å². The molecule has 6 nitrogen and oxygen atoms in total. The Morgan fingerprint density at radius 3 is 2.79 bits per heavy atom. The molecule has 1 aromatic rings. The molecule has 0 aromatic carbocycles. The van der Waals surface area contributed by atoms with E-state index in [-0.39, 0.29) is 11.6 Å². The van der Waals surface area contributed by atoms with Crippen molar-refractivity contribution in [3.05, 3.63) is 29.5 Å². The van der Waals surface area contributed by atoms with Crippen LogP contribution in [0.5, 0.6) is 0 Å². The minimum Gasteiger partial charge on any atom is -0.447 e. The molecule has 0 saturated carbocycles. The molecule has 2 heterocycles. The topological polar surface area (TPSA) is 85.8 Å². The summed E-state index contributed by atoms with van der Waals surface area (Å²) >= 11 is 0. The third-order valence-corrected chi connectivity index (χ3v) is 4.77. The standard InChI is InChI=1S/C12H18N2O4S/c1-17-9-10-4-6-14(7-5-10)19(15,16)12-3-2-11(8-13)18-12/h2-4H,5-9,13H2,1H3. The Morgan fingerprint density at radius 2 is 2.26 bits per heavy atom. The van der Waals surface area contributed by atoms with E-state index in [0.29, 0.717) is 31.9 Å². The molecule has 0 amide bonds. The van der Waals surface area contributed by atoms with Crippen LogP contribution in [-0.4, -0.2) is 39.5 Å². The number of sulfonamides is 1. The van der Waals surface area contributed by atoms with Crippen molar-refractivity contribution in [2.45, 2.75) is 18.1 Å². The van der Waals surface area contributed by atoms with Crippen molar-refractivity contribution in [1.82, 2.24) is 4.31 Å². The highest BCUT2D eigenvalue weighted by atomic mass is 32.2. The maximum absolute atomic E-state index is 12.3. The molecule has 2 rings (SSSR count). The molecule has 1 aromatic heterocycles. The summed E-state index contributed by atoms with van der Waals surface area (Å²) < 4.78 is 36.3. The first-order chi connectivity index (χ1) is 9.07. The number of methoxy groups -OCH3 is 1. The van der Waals surface area contributed by atoms with Gasteiger partial charge in [0.2, 0.25) is 5.09 Å². The molecule has 0 saturated heterocycles. The Hall–Kier alpha value is -1.15. The fourth-order valence-corrected chi connectivity index (χ4v) is 3.27. The van der Waals surface area contributed by atoms with Crippen molar-refractivity contribution in [3.8, 4) is 0 Å². The van der Waals surface area contributed by atoms with Crippen molar-refractivity contribution in [2.75, 3.05) is 26.8 Å². The van der Waals surface area contributed by atoms with Crippen LogP contribution < -0.4 is 5.73 Å². The monoisotopic (exact) mass is 286 g/mol. The van der Waals surface area contributed by atoms with Crippen LogP contribution in [0.1, 0.15) is 12.2 Å². The highest BCUT2D eigenvalue weighted by molar-refractivity contribution is 7.89. The number of nitrogens with zero attached hydrogens (tertiary/aromatic N) is 1. The molecular weight excluding hydrogens is 268 g/mol. The molecule has 19 heavy (non-hydrogen) atoms. The molecule has 0 fully saturated rings. The molecule has 2 N–H and O–H groups in total. The molecule has 0 spiro atoms. The summed E-state index contributed by atoms with van der Waals surface area (Å²) in [6.07, 6.45) is 2.56. The lowest BCUT2D eigenvalue weighted by Gasteiger charge is -2.24. The zero-order valence-electron chi connectivity index (χ0n) is 10.8. The van der Waals surface area contributed by atoms with Crippen LogP contribution in [-0.2, 0) is 21.3 Å². The first-order valence-electron chi connectivity index (χ1n) is 6.03. The van der Waals surface area contributed by atoms with Gasteiger partial charge in [0.1, 0.15) is 5.76 Å². The Morgan fingerprint density at radius 1 is 1.47 bits per heavy atom. The van der Waals surface area contributed by atoms with Gasteiger partial charge in [-0.15, -0.1) is 0 Å². The quantitative estimate of drug-likeness (QED) is 0.805. The molecule has 0 atom stereocenters. The number of hydrogen-bond acceptors (Lipinski definition) is 5. The van der Waals surface area contributed by atoms with Gasteiger partial charge >= 0.3 is 0 Å². The Labute approximate surface area is 112 Å². The van der Waals surface area contributed by atoms with Crippen LogP contribution in [0.25, 0.3) is 0 Å². The van der Waals surface area contributed by atoms with Gasteiger partial charge in [0, 0.05) is 20.2 Å². The van der Waals surface area contributed by atoms with Crippen LogP contribution >= 0.6 is 0 Å². The van der Waals surface area contributed by atoms with E-state index in [2.05, 4.69) is 0 Å². The molecule has 1 aliphatic heterocycles. The van der Waals surface area contributed by atoms with E-state index in [1.165, 1.54) is 10.4 Å². The van der Waals surface area contributed by atoms with Crippen molar-refractivity contribution in [2.24, 2.45) is 5.73 Å². The fourth-order valence-electron chi connectivity index (χ4n) is 1.96. The Bertz CT molecular complexity index is 562. The van der Waals surface area contributed by atoms with Crippen molar-refractivity contribution >= 4 is 10.0 Å². The van der Waals surface area contributed by atoms with Gasteiger partial charge in [-0.25, -0.2) is 8.42 Å². The fraction of sp³-hybridized carbons (Fsp3) is 0.500. The SMILES string of the molecule is COCC1=CCN(S(=O)(=O)c2ccc(CN)o2)CC1. The first kappa shape index (κ1) is 14.3. The summed E-state index contributed by atoms with van der Waals surface area (Å²) in [5.41, 5.74) is 6.53. The highest BCUT2D eigenvalue weighted by Gasteiger charge is 2.28. The molecule has 1 aliphatic rings.